The molecule has 3 rings (SSSR count). The van der Waals surface area contributed by atoms with E-state index >= 15 is 0 Å². The standard InChI is InChI=1S/C15H27N3O/c1-15(7-2-3-8-16-15)14(19)18-11-9-17(10-12-18)13-5-4-6-13/h13,16H,2-12H2,1H3. The molecule has 0 aromatic rings. The smallest absolute Gasteiger partial charge is 0.242 e. The molecule has 19 heavy (non-hydrogen) atoms. The summed E-state index contributed by atoms with van der Waals surface area (Å²) < 4.78 is 0. The van der Waals surface area contributed by atoms with Crippen molar-refractivity contribution in [2.75, 3.05) is 32.7 Å². The fraction of sp³-hybridized carbons (Fsp3) is 0.933. The SMILES string of the molecule is CC1(C(=O)N2CCN(C3CCC3)CC2)CCCCN1. The van der Waals surface area contributed by atoms with Crippen molar-refractivity contribution < 1.29 is 4.79 Å². The lowest BCUT2D eigenvalue weighted by molar-refractivity contribution is -0.141. The summed E-state index contributed by atoms with van der Waals surface area (Å²) in [5.41, 5.74) is -0.295. The molecule has 3 fully saturated rings. The molecule has 1 atom stereocenters. The number of hydrogen-bond donors (Lipinski definition) is 1. The minimum Gasteiger partial charge on any atom is -0.339 e. The minimum atomic E-state index is -0.295. The van der Waals surface area contributed by atoms with Crippen molar-refractivity contribution in [3.8, 4) is 0 Å². The number of piperidine rings is 1. The number of amides is 1. The minimum absolute atomic E-state index is 0.295. The maximum absolute atomic E-state index is 12.7. The summed E-state index contributed by atoms with van der Waals surface area (Å²) in [6.07, 6.45) is 7.51. The van der Waals surface area contributed by atoms with Crippen molar-refractivity contribution in [2.45, 2.75) is 57.0 Å². The van der Waals surface area contributed by atoms with E-state index in [2.05, 4.69) is 22.0 Å². The van der Waals surface area contributed by atoms with Crippen LogP contribution in [0.4, 0.5) is 0 Å². The monoisotopic (exact) mass is 265 g/mol. The van der Waals surface area contributed by atoms with E-state index in [4.69, 9.17) is 0 Å². The van der Waals surface area contributed by atoms with Gasteiger partial charge in [0.25, 0.3) is 0 Å². The Morgan fingerprint density at radius 3 is 2.37 bits per heavy atom. The molecule has 0 spiro atoms. The summed E-state index contributed by atoms with van der Waals surface area (Å²) >= 11 is 0. The molecule has 4 heteroatoms. The predicted octanol–water partition coefficient (Wildman–Crippen LogP) is 1.22. The van der Waals surface area contributed by atoms with E-state index in [0.29, 0.717) is 5.91 Å². The molecule has 0 bridgehead atoms. The number of nitrogens with zero attached hydrogens (tertiary/aromatic N) is 2. The van der Waals surface area contributed by atoms with Crippen molar-refractivity contribution in [2.24, 2.45) is 0 Å². The van der Waals surface area contributed by atoms with Crippen LogP contribution in [0.2, 0.25) is 0 Å². The van der Waals surface area contributed by atoms with Gasteiger partial charge in [-0.05, 0) is 45.6 Å². The van der Waals surface area contributed by atoms with E-state index in [9.17, 15) is 4.79 Å². The van der Waals surface area contributed by atoms with Gasteiger partial charge in [-0.2, -0.15) is 0 Å². The number of carbonyl (C=O) groups is 1. The van der Waals surface area contributed by atoms with Crippen molar-refractivity contribution in [1.82, 2.24) is 15.1 Å². The van der Waals surface area contributed by atoms with Gasteiger partial charge in [-0.25, -0.2) is 0 Å². The van der Waals surface area contributed by atoms with Crippen LogP contribution in [0.1, 0.15) is 45.4 Å². The van der Waals surface area contributed by atoms with Crippen molar-refractivity contribution in [3.05, 3.63) is 0 Å². The van der Waals surface area contributed by atoms with E-state index in [1.165, 1.54) is 32.1 Å². The van der Waals surface area contributed by atoms with Crippen LogP contribution in [0.25, 0.3) is 0 Å². The average molecular weight is 265 g/mol. The molecule has 3 aliphatic rings. The van der Waals surface area contributed by atoms with Crippen LogP contribution in [-0.4, -0.2) is 60.0 Å². The zero-order valence-electron chi connectivity index (χ0n) is 12.2. The lowest BCUT2D eigenvalue weighted by Crippen LogP contribution is -2.62. The van der Waals surface area contributed by atoms with Crippen LogP contribution < -0.4 is 5.32 Å². The number of carbonyl (C=O) groups excluding carboxylic acids is 1. The maximum Gasteiger partial charge on any atom is 0.242 e. The van der Waals surface area contributed by atoms with E-state index in [0.717, 1.165) is 45.2 Å². The highest BCUT2D eigenvalue weighted by Crippen LogP contribution is 2.27. The first-order chi connectivity index (χ1) is 9.19. The molecule has 1 N–H and O–H groups in total. The highest BCUT2D eigenvalue weighted by Gasteiger charge is 2.39. The first-order valence-corrected chi connectivity index (χ1v) is 7.97. The largest absolute Gasteiger partial charge is 0.339 e. The van der Waals surface area contributed by atoms with Gasteiger partial charge in [0.2, 0.25) is 5.91 Å². The first-order valence-electron chi connectivity index (χ1n) is 7.97. The molecule has 0 aromatic heterocycles. The number of rotatable bonds is 2. The molecule has 1 unspecified atom stereocenters. The highest BCUT2D eigenvalue weighted by atomic mass is 16.2. The Labute approximate surface area is 116 Å². The lowest BCUT2D eigenvalue weighted by Gasteiger charge is -2.45. The Hall–Kier alpha value is -0.610. The topological polar surface area (TPSA) is 35.6 Å². The summed E-state index contributed by atoms with van der Waals surface area (Å²) in [7, 11) is 0. The van der Waals surface area contributed by atoms with Crippen LogP contribution in [0.15, 0.2) is 0 Å². The normalized spacial score (nSPS) is 34.1. The second kappa shape index (κ2) is 5.41. The van der Waals surface area contributed by atoms with Crippen molar-refractivity contribution >= 4 is 5.91 Å². The second-order valence-corrected chi connectivity index (χ2v) is 6.63. The van der Waals surface area contributed by atoms with E-state index in [1.807, 2.05) is 0 Å². The molecule has 0 radical (unpaired) electrons. The third-order valence-corrected chi connectivity index (χ3v) is 5.28. The molecule has 2 aliphatic heterocycles. The third kappa shape index (κ3) is 2.65. The van der Waals surface area contributed by atoms with E-state index < -0.39 is 0 Å². The zero-order valence-corrected chi connectivity index (χ0v) is 12.2. The Bertz CT molecular complexity index is 326. The third-order valence-electron chi connectivity index (χ3n) is 5.28. The fourth-order valence-electron chi connectivity index (χ4n) is 3.63. The lowest BCUT2D eigenvalue weighted by atomic mass is 9.88. The zero-order chi connectivity index (χ0) is 13.3. The van der Waals surface area contributed by atoms with Gasteiger partial charge in [-0.15, -0.1) is 0 Å². The number of piperazine rings is 1. The van der Waals surface area contributed by atoms with Gasteiger partial charge < -0.3 is 10.2 Å². The summed E-state index contributed by atoms with van der Waals surface area (Å²) in [6.45, 7) is 7.08. The van der Waals surface area contributed by atoms with E-state index in [1.54, 1.807) is 0 Å². The Morgan fingerprint density at radius 1 is 1.11 bits per heavy atom. The molecule has 2 saturated heterocycles. The van der Waals surface area contributed by atoms with E-state index in [-0.39, 0.29) is 5.54 Å². The van der Waals surface area contributed by atoms with Crippen LogP contribution in [0, 0.1) is 0 Å². The van der Waals surface area contributed by atoms with Crippen molar-refractivity contribution in [1.29, 1.82) is 0 Å². The maximum atomic E-state index is 12.7. The molecule has 1 amide bonds. The first kappa shape index (κ1) is 13.4. The summed E-state index contributed by atoms with van der Waals surface area (Å²) in [4.78, 5) is 17.4. The summed E-state index contributed by atoms with van der Waals surface area (Å²) in [5.74, 6) is 0.334. The van der Waals surface area contributed by atoms with Crippen LogP contribution >= 0.6 is 0 Å². The van der Waals surface area contributed by atoms with Crippen LogP contribution in [0.3, 0.4) is 0 Å². The highest BCUT2D eigenvalue weighted by molar-refractivity contribution is 5.86. The van der Waals surface area contributed by atoms with Gasteiger partial charge in [-0.1, -0.05) is 6.42 Å². The van der Waals surface area contributed by atoms with Gasteiger partial charge in [0.05, 0.1) is 5.54 Å². The Balaban J connectivity index is 1.53. The summed E-state index contributed by atoms with van der Waals surface area (Å²) in [6, 6.07) is 0.820. The Kier molecular flexibility index (Phi) is 3.81. The molecule has 108 valence electrons. The molecule has 1 aliphatic carbocycles. The Morgan fingerprint density at radius 2 is 1.84 bits per heavy atom. The van der Waals surface area contributed by atoms with Crippen LogP contribution in [-0.2, 0) is 4.79 Å². The van der Waals surface area contributed by atoms with Gasteiger partial charge in [0.15, 0.2) is 0 Å². The van der Waals surface area contributed by atoms with Crippen molar-refractivity contribution in [3.63, 3.8) is 0 Å². The van der Waals surface area contributed by atoms with Gasteiger partial charge in [0, 0.05) is 32.2 Å². The molecular weight excluding hydrogens is 238 g/mol. The molecule has 0 aromatic carbocycles. The summed E-state index contributed by atoms with van der Waals surface area (Å²) in [5, 5.41) is 3.44. The molecule has 4 nitrogen and oxygen atoms in total. The second-order valence-electron chi connectivity index (χ2n) is 6.63. The van der Waals surface area contributed by atoms with Gasteiger partial charge in [-0.3, -0.25) is 9.69 Å². The fourth-order valence-corrected chi connectivity index (χ4v) is 3.63. The van der Waals surface area contributed by atoms with Gasteiger partial charge in [0.1, 0.15) is 0 Å². The molecular formula is C15H27N3O. The van der Waals surface area contributed by atoms with Crippen LogP contribution in [0.5, 0.6) is 0 Å². The number of hydrogen-bond acceptors (Lipinski definition) is 3. The molecule has 1 saturated carbocycles. The van der Waals surface area contributed by atoms with Gasteiger partial charge >= 0.3 is 0 Å². The predicted molar refractivity (Wildman–Crippen MR) is 76.1 cm³/mol. The quantitative estimate of drug-likeness (QED) is 0.815. The molecule has 2 heterocycles. The number of nitrogens with one attached hydrogen (secondary N) is 1. The average Bonchev–Trinajstić information content (AvgIpc) is 2.38.